The first-order valence-corrected chi connectivity index (χ1v) is 5.40. The lowest BCUT2D eigenvalue weighted by atomic mass is 10.2. The largest absolute Gasteiger partial charge is 0.453 e. The molecule has 16 heavy (non-hydrogen) atoms. The summed E-state index contributed by atoms with van der Waals surface area (Å²) in [6, 6.07) is 0. The van der Waals surface area contributed by atoms with Crippen LogP contribution in [-0.4, -0.2) is 66.8 Å². The molecular formula is C10H18N2O4. The Balaban J connectivity index is 2.31. The van der Waals surface area contributed by atoms with Crippen LogP contribution in [0.4, 0.5) is 4.79 Å². The zero-order chi connectivity index (χ0) is 12.0. The second kappa shape index (κ2) is 6.32. The minimum absolute atomic E-state index is 0.0356. The standard InChI is InChI=1S/C10H18N2O4/c1-16-10(15)12-6-4-11(5-7-12)9(14)3-2-8-13/h13H,2-8H2,1H3. The molecule has 0 spiro atoms. The van der Waals surface area contributed by atoms with Crippen LogP contribution >= 0.6 is 0 Å². The molecule has 1 N–H and O–H groups in total. The van der Waals surface area contributed by atoms with E-state index in [0.29, 0.717) is 39.0 Å². The maximum atomic E-state index is 11.6. The summed E-state index contributed by atoms with van der Waals surface area (Å²) in [5.74, 6) is 0.0403. The number of methoxy groups -OCH3 is 1. The van der Waals surface area contributed by atoms with E-state index in [1.54, 1.807) is 9.80 Å². The molecule has 0 saturated carbocycles. The van der Waals surface area contributed by atoms with Gasteiger partial charge in [-0.2, -0.15) is 0 Å². The van der Waals surface area contributed by atoms with E-state index in [2.05, 4.69) is 4.74 Å². The SMILES string of the molecule is COC(=O)N1CCN(C(=O)CCCO)CC1. The van der Waals surface area contributed by atoms with Crippen molar-refractivity contribution in [3.63, 3.8) is 0 Å². The van der Waals surface area contributed by atoms with Crippen molar-refractivity contribution in [2.45, 2.75) is 12.8 Å². The van der Waals surface area contributed by atoms with E-state index in [1.807, 2.05) is 0 Å². The molecule has 92 valence electrons. The maximum absolute atomic E-state index is 11.6. The van der Waals surface area contributed by atoms with Gasteiger partial charge in [-0.1, -0.05) is 0 Å². The molecule has 1 aliphatic rings. The predicted octanol–water partition coefficient (Wildman–Crippen LogP) is -0.331. The van der Waals surface area contributed by atoms with Gasteiger partial charge in [0.2, 0.25) is 5.91 Å². The summed E-state index contributed by atoms with van der Waals surface area (Å²) in [4.78, 5) is 26.1. The minimum atomic E-state index is -0.345. The molecule has 6 nitrogen and oxygen atoms in total. The fraction of sp³-hybridized carbons (Fsp3) is 0.800. The molecule has 6 heteroatoms. The van der Waals surface area contributed by atoms with E-state index in [1.165, 1.54) is 7.11 Å². The third kappa shape index (κ3) is 3.37. The van der Waals surface area contributed by atoms with Crippen LogP contribution in [0.5, 0.6) is 0 Å². The Bertz CT molecular complexity index is 249. The number of piperazine rings is 1. The monoisotopic (exact) mass is 230 g/mol. The zero-order valence-corrected chi connectivity index (χ0v) is 9.52. The highest BCUT2D eigenvalue weighted by Gasteiger charge is 2.23. The smallest absolute Gasteiger partial charge is 0.409 e. The third-order valence-corrected chi connectivity index (χ3v) is 2.61. The van der Waals surface area contributed by atoms with Gasteiger partial charge in [0.05, 0.1) is 7.11 Å². The van der Waals surface area contributed by atoms with Crippen LogP contribution in [0.25, 0.3) is 0 Å². The summed E-state index contributed by atoms with van der Waals surface area (Å²) in [5.41, 5.74) is 0. The summed E-state index contributed by atoms with van der Waals surface area (Å²) in [7, 11) is 1.35. The van der Waals surface area contributed by atoms with Crippen molar-refractivity contribution in [2.75, 3.05) is 39.9 Å². The zero-order valence-electron chi connectivity index (χ0n) is 9.52. The fourth-order valence-corrected chi connectivity index (χ4v) is 1.66. The number of amides is 2. The summed E-state index contributed by atoms with van der Waals surface area (Å²) in [5, 5.41) is 8.62. The van der Waals surface area contributed by atoms with Crippen LogP contribution in [0.3, 0.4) is 0 Å². The Hall–Kier alpha value is -1.30. The van der Waals surface area contributed by atoms with E-state index in [9.17, 15) is 9.59 Å². The molecule has 1 rings (SSSR count). The molecular weight excluding hydrogens is 212 g/mol. The molecule has 1 fully saturated rings. The minimum Gasteiger partial charge on any atom is -0.453 e. The first kappa shape index (κ1) is 12.8. The number of rotatable bonds is 3. The van der Waals surface area contributed by atoms with E-state index >= 15 is 0 Å². The predicted molar refractivity (Wildman–Crippen MR) is 56.9 cm³/mol. The van der Waals surface area contributed by atoms with Crippen LogP contribution in [0.1, 0.15) is 12.8 Å². The number of aliphatic hydroxyl groups is 1. The Morgan fingerprint density at radius 2 is 1.75 bits per heavy atom. The van der Waals surface area contributed by atoms with Gasteiger partial charge in [0, 0.05) is 39.2 Å². The number of carbonyl (C=O) groups excluding carboxylic acids is 2. The Morgan fingerprint density at radius 1 is 1.19 bits per heavy atom. The number of hydrogen-bond donors (Lipinski definition) is 1. The summed E-state index contributed by atoms with van der Waals surface area (Å²) < 4.78 is 4.60. The van der Waals surface area contributed by atoms with E-state index in [-0.39, 0.29) is 18.6 Å². The lowest BCUT2D eigenvalue weighted by molar-refractivity contribution is -0.133. The van der Waals surface area contributed by atoms with Crippen molar-refractivity contribution < 1.29 is 19.4 Å². The van der Waals surface area contributed by atoms with Gasteiger partial charge in [-0.05, 0) is 6.42 Å². The summed E-state index contributed by atoms with van der Waals surface area (Å²) in [6.07, 6.45) is 0.521. The number of hydrogen-bond acceptors (Lipinski definition) is 4. The average Bonchev–Trinajstić information content (AvgIpc) is 2.35. The lowest BCUT2D eigenvalue weighted by Gasteiger charge is -2.33. The van der Waals surface area contributed by atoms with Crippen LogP contribution in [-0.2, 0) is 9.53 Å². The van der Waals surface area contributed by atoms with Gasteiger partial charge in [0.25, 0.3) is 0 Å². The molecule has 1 aliphatic heterocycles. The molecule has 0 atom stereocenters. The lowest BCUT2D eigenvalue weighted by Crippen LogP contribution is -2.50. The second-order valence-corrected chi connectivity index (χ2v) is 3.67. The first-order valence-electron chi connectivity index (χ1n) is 5.40. The van der Waals surface area contributed by atoms with Gasteiger partial charge < -0.3 is 19.6 Å². The maximum Gasteiger partial charge on any atom is 0.409 e. The molecule has 1 heterocycles. The first-order chi connectivity index (χ1) is 7.69. The molecule has 0 bridgehead atoms. The van der Waals surface area contributed by atoms with Crippen molar-refractivity contribution >= 4 is 12.0 Å². The quantitative estimate of drug-likeness (QED) is 0.720. The highest BCUT2D eigenvalue weighted by Crippen LogP contribution is 2.06. The average molecular weight is 230 g/mol. The highest BCUT2D eigenvalue weighted by atomic mass is 16.5. The van der Waals surface area contributed by atoms with Gasteiger partial charge in [-0.3, -0.25) is 4.79 Å². The van der Waals surface area contributed by atoms with Crippen molar-refractivity contribution in [3.05, 3.63) is 0 Å². The molecule has 1 saturated heterocycles. The third-order valence-electron chi connectivity index (χ3n) is 2.61. The molecule has 0 radical (unpaired) electrons. The van der Waals surface area contributed by atoms with Gasteiger partial charge in [0.15, 0.2) is 0 Å². The number of ether oxygens (including phenoxy) is 1. The van der Waals surface area contributed by atoms with E-state index in [4.69, 9.17) is 5.11 Å². The van der Waals surface area contributed by atoms with Gasteiger partial charge >= 0.3 is 6.09 Å². The topological polar surface area (TPSA) is 70.1 Å². The van der Waals surface area contributed by atoms with E-state index < -0.39 is 0 Å². The van der Waals surface area contributed by atoms with E-state index in [0.717, 1.165) is 0 Å². The number of aliphatic hydroxyl groups excluding tert-OH is 1. The normalized spacial score (nSPS) is 16.1. The van der Waals surface area contributed by atoms with Crippen LogP contribution in [0.15, 0.2) is 0 Å². The van der Waals surface area contributed by atoms with Crippen molar-refractivity contribution in [1.82, 2.24) is 9.80 Å². The number of nitrogens with zero attached hydrogens (tertiary/aromatic N) is 2. The van der Waals surface area contributed by atoms with Crippen molar-refractivity contribution in [2.24, 2.45) is 0 Å². The molecule has 0 aliphatic carbocycles. The molecule has 0 aromatic rings. The summed E-state index contributed by atoms with van der Waals surface area (Å²) in [6.45, 7) is 2.14. The van der Waals surface area contributed by atoms with Gasteiger partial charge in [-0.15, -0.1) is 0 Å². The second-order valence-electron chi connectivity index (χ2n) is 3.67. The van der Waals surface area contributed by atoms with Gasteiger partial charge in [0.1, 0.15) is 0 Å². The number of carbonyl (C=O) groups is 2. The van der Waals surface area contributed by atoms with Crippen molar-refractivity contribution in [3.8, 4) is 0 Å². The Morgan fingerprint density at radius 3 is 2.25 bits per heavy atom. The van der Waals surface area contributed by atoms with Crippen molar-refractivity contribution in [1.29, 1.82) is 0 Å². The van der Waals surface area contributed by atoms with Gasteiger partial charge in [-0.25, -0.2) is 4.79 Å². The molecule has 2 amide bonds. The Kier molecular flexibility index (Phi) is 5.04. The molecule has 0 aromatic heterocycles. The van der Waals surface area contributed by atoms with Crippen LogP contribution in [0, 0.1) is 0 Å². The molecule has 0 unspecified atom stereocenters. The summed E-state index contributed by atoms with van der Waals surface area (Å²) >= 11 is 0. The Labute approximate surface area is 94.8 Å². The fourth-order valence-electron chi connectivity index (χ4n) is 1.66. The highest BCUT2D eigenvalue weighted by molar-refractivity contribution is 5.76. The van der Waals surface area contributed by atoms with Crippen LogP contribution < -0.4 is 0 Å². The van der Waals surface area contributed by atoms with Crippen LogP contribution in [0.2, 0.25) is 0 Å². The molecule has 0 aromatic carbocycles.